The highest BCUT2D eigenvalue weighted by molar-refractivity contribution is 5.88. The largest absolute Gasteiger partial charge is 0.450 e. The second-order valence-corrected chi connectivity index (χ2v) is 3.01. The molecule has 0 saturated heterocycles. The maximum atomic E-state index is 11.2. The minimum absolute atomic E-state index is 0.427. The summed E-state index contributed by atoms with van der Waals surface area (Å²) in [4.78, 5) is 22.0. The number of carbonyl (C=O) groups excluding carboxylic acids is 2. The standard InChI is InChI=1S/C13H12O4/c1-2-16-13(15)10-17-12(14)9-8-11-6-4-3-5-7-11/h2-9H,1,10H2. The lowest BCUT2D eigenvalue weighted by molar-refractivity contribution is -0.152. The van der Waals surface area contributed by atoms with Gasteiger partial charge in [-0.3, -0.25) is 0 Å². The lowest BCUT2D eigenvalue weighted by Gasteiger charge is -1.99. The number of ether oxygens (including phenoxy) is 2. The number of esters is 2. The predicted molar refractivity (Wildman–Crippen MR) is 62.7 cm³/mol. The summed E-state index contributed by atoms with van der Waals surface area (Å²) in [6.45, 7) is 2.78. The molecule has 88 valence electrons. The molecule has 0 unspecified atom stereocenters. The molecule has 0 amide bonds. The summed E-state index contributed by atoms with van der Waals surface area (Å²) in [7, 11) is 0. The number of hydrogen-bond acceptors (Lipinski definition) is 4. The summed E-state index contributed by atoms with van der Waals surface area (Å²) in [5, 5.41) is 0. The fraction of sp³-hybridized carbons (Fsp3) is 0.0769. The number of carbonyl (C=O) groups is 2. The molecule has 0 atom stereocenters. The van der Waals surface area contributed by atoms with Gasteiger partial charge >= 0.3 is 11.9 Å². The molecule has 0 aliphatic heterocycles. The van der Waals surface area contributed by atoms with Gasteiger partial charge in [0.2, 0.25) is 0 Å². The van der Waals surface area contributed by atoms with E-state index in [1.54, 1.807) is 6.08 Å². The van der Waals surface area contributed by atoms with Crippen molar-refractivity contribution in [1.82, 2.24) is 0 Å². The first-order valence-corrected chi connectivity index (χ1v) is 4.92. The Labute approximate surface area is 99.2 Å². The fourth-order valence-electron chi connectivity index (χ4n) is 1.03. The summed E-state index contributed by atoms with van der Waals surface area (Å²) in [5.74, 6) is -1.27. The smallest absolute Gasteiger partial charge is 0.349 e. The van der Waals surface area contributed by atoms with Crippen molar-refractivity contribution in [3.8, 4) is 0 Å². The van der Waals surface area contributed by atoms with Crippen LogP contribution in [0.15, 0.2) is 49.2 Å². The van der Waals surface area contributed by atoms with E-state index < -0.39 is 18.5 Å². The minimum atomic E-state index is -0.665. The average molecular weight is 232 g/mol. The van der Waals surface area contributed by atoms with E-state index in [4.69, 9.17) is 0 Å². The van der Waals surface area contributed by atoms with Crippen molar-refractivity contribution >= 4 is 18.0 Å². The average Bonchev–Trinajstić information content (AvgIpc) is 2.35. The van der Waals surface area contributed by atoms with Crippen LogP contribution in [-0.2, 0) is 19.1 Å². The van der Waals surface area contributed by atoms with Gasteiger partial charge in [0.1, 0.15) is 0 Å². The molecule has 0 saturated carbocycles. The Hall–Kier alpha value is -2.36. The highest BCUT2D eigenvalue weighted by atomic mass is 16.6. The molecule has 0 radical (unpaired) electrons. The molecule has 0 fully saturated rings. The molecule has 0 spiro atoms. The van der Waals surface area contributed by atoms with Gasteiger partial charge in [-0.05, 0) is 11.6 Å². The van der Waals surface area contributed by atoms with Gasteiger partial charge in [0.15, 0.2) is 6.61 Å². The van der Waals surface area contributed by atoms with Crippen molar-refractivity contribution in [3.63, 3.8) is 0 Å². The quantitative estimate of drug-likeness (QED) is 0.442. The first-order valence-electron chi connectivity index (χ1n) is 4.92. The summed E-state index contributed by atoms with van der Waals surface area (Å²) in [6.07, 6.45) is 3.83. The molecule has 0 aliphatic rings. The molecule has 0 heterocycles. The maximum Gasteiger partial charge on any atom is 0.349 e. The molecule has 0 N–H and O–H groups in total. The van der Waals surface area contributed by atoms with Gasteiger partial charge in [-0.2, -0.15) is 0 Å². The Bertz CT molecular complexity index is 420. The highest BCUT2D eigenvalue weighted by Gasteiger charge is 2.04. The lowest BCUT2D eigenvalue weighted by Crippen LogP contribution is -2.12. The fourth-order valence-corrected chi connectivity index (χ4v) is 1.03. The van der Waals surface area contributed by atoms with Crippen LogP contribution < -0.4 is 0 Å². The molecule has 1 rings (SSSR count). The van der Waals surface area contributed by atoms with Crippen molar-refractivity contribution in [2.45, 2.75) is 0 Å². The van der Waals surface area contributed by atoms with Gasteiger partial charge in [0.25, 0.3) is 0 Å². The van der Waals surface area contributed by atoms with Crippen molar-refractivity contribution in [3.05, 3.63) is 54.8 Å². The van der Waals surface area contributed by atoms with Crippen LogP contribution >= 0.6 is 0 Å². The number of hydrogen-bond donors (Lipinski definition) is 0. The van der Waals surface area contributed by atoms with E-state index in [9.17, 15) is 9.59 Å². The molecule has 17 heavy (non-hydrogen) atoms. The Morgan fingerprint density at radius 3 is 2.59 bits per heavy atom. The molecule has 0 bridgehead atoms. The van der Waals surface area contributed by atoms with Crippen LogP contribution in [-0.4, -0.2) is 18.5 Å². The van der Waals surface area contributed by atoms with Crippen LogP contribution in [0.4, 0.5) is 0 Å². The van der Waals surface area contributed by atoms with Gasteiger partial charge in [-0.25, -0.2) is 9.59 Å². The molecular formula is C13H12O4. The number of benzene rings is 1. The molecule has 0 aliphatic carbocycles. The Morgan fingerprint density at radius 2 is 1.94 bits per heavy atom. The van der Waals surface area contributed by atoms with E-state index in [1.807, 2.05) is 30.3 Å². The third-order valence-corrected chi connectivity index (χ3v) is 1.76. The second kappa shape index (κ2) is 7.00. The van der Waals surface area contributed by atoms with Gasteiger partial charge in [0.05, 0.1) is 6.26 Å². The Morgan fingerprint density at radius 1 is 1.24 bits per heavy atom. The van der Waals surface area contributed by atoms with Crippen molar-refractivity contribution in [2.75, 3.05) is 6.61 Å². The van der Waals surface area contributed by atoms with Crippen molar-refractivity contribution in [1.29, 1.82) is 0 Å². The first-order chi connectivity index (χ1) is 8.22. The van der Waals surface area contributed by atoms with Crippen LogP contribution in [0.2, 0.25) is 0 Å². The topological polar surface area (TPSA) is 52.6 Å². The monoisotopic (exact) mass is 232 g/mol. The lowest BCUT2D eigenvalue weighted by atomic mass is 10.2. The van der Waals surface area contributed by atoms with E-state index >= 15 is 0 Å². The highest BCUT2D eigenvalue weighted by Crippen LogP contribution is 2.01. The van der Waals surface area contributed by atoms with Crippen LogP contribution in [0.3, 0.4) is 0 Å². The van der Waals surface area contributed by atoms with Crippen LogP contribution in [0.5, 0.6) is 0 Å². The zero-order valence-corrected chi connectivity index (χ0v) is 9.17. The summed E-state index contributed by atoms with van der Waals surface area (Å²) >= 11 is 0. The van der Waals surface area contributed by atoms with Gasteiger partial charge in [0, 0.05) is 6.08 Å². The van der Waals surface area contributed by atoms with Crippen LogP contribution in [0.25, 0.3) is 6.08 Å². The molecule has 1 aromatic rings. The summed E-state index contributed by atoms with van der Waals surface area (Å²) in [6, 6.07) is 9.27. The van der Waals surface area contributed by atoms with Gasteiger partial charge < -0.3 is 9.47 Å². The van der Waals surface area contributed by atoms with Crippen LogP contribution in [0, 0.1) is 0 Å². The SMILES string of the molecule is C=COC(=O)COC(=O)C=Cc1ccccc1. The molecular weight excluding hydrogens is 220 g/mol. The summed E-state index contributed by atoms with van der Waals surface area (Å²) in [5.41, 5.74) is 0.873. The van der Waals surface area contributed by atoms with E-state index in [1.165, 1.54) is 6.08 Å². The molecule has 4 nitrogen and oxygen atoms in total. The molecule has 0 aromatic heterocycles. The van der Waals surface area contributed by atoms with Crippen LogP contribution in [0.1, 0.15) is 5.56 Å². The third kappa shape index (κ3) is 5.32. The zero-order valence-electron chi connectivity index (χ0n) is 9.17. The van der Waals surface area contributed by atoms with Crippen molar-refractivity contribution < 1.29 is 19.1 Å². The Kier molecular flexibility index (Phi) is 5.24. The normalized spacial score (nSPS) is 9.88. The third-order valence-electron chi connectivity index (χ3n) is 1.76. The first kappa shape index (κ1) is 12.7. The van der Waals surface area contributed by atoms with E-state index in [0.29, 0.717) is 0 Å². The number of rotatable bonds is 5. The Balaban J connectivity index is 2.37. The van der Waals surface area contributed by atoms with E-state index in [0.717, 1.165) is 11.8 Å². The summed E-state index contributed by atoms with van der Waals surface area (Å²) < 4.78 is 9.01. The second-order valence-electron chi connectivity index (χ2n) is 3.01. The molecule has 1 aromatic carbocycles. The van der Waals surface area contributed by atoms with Gasteiger partial charge in [-0.1, -0.05) is 36.9 Å². The van der Waals surface area contributed by atoms with Gasteiger partial charge in [-0.15, -0.1) is 0 Å². The zero-order chi connectivity index (χ0) is 12.5. The minimum Gasteiger partial charge on any atom is -0.450 e. The molecule has 4 heteroatoms. The van der Waals surface area contributed by atoms with E-state index in [2.05, 4.69) is 16.1 Å². The van der Waals surface area contributed by atoms with E-state index in [-0.39, 0.29) is 0 Å². The predicted octanol–water partition coefficient (Wildman–Crippen LogP) is 1.93. The van der Waals surface area contributed by atoms with Crippen molar-refractivity contribution in [2.24, 2.45) is 0 Å². The maximum absolute atomic E-state index is 11.2.